The van der Waals surface area contributed by atoms with Gasteiger partial charge in [-0.25, -0.2) is 9.79 Å². The molecule has 118 valence electrons. The minimum Gasteiger partial charge on any atom is -0.478 e. The highest BCUT2D eigenvalue weighted by atomic mass is 16.4. The second kappa shape index (κ2) is 6.92. The SMILES string of the molecule is Cc1cccc(N=C(c2ccccc2)c2ccccc2C(=O)O)c1. The van der Waals surface area contributed by atoms with Crippen LogP contribution in [-0.4, -0.2) is 16.8 Å². The maximum Gasteiger partial charge on any atom is 0.336 e. The third-order valence-corrected chi connectivity index (χ3v) is 3.70. The summed E-state index contributed by atoms with van der Waals surface area (Å²) in [7, 11) is 0. The summed E-state index contributed by atoms with van der Waals surface area (Å²) in [4.78, 5) is 16.4. The van der Waals surface area contributed by atoms with E-state index in [-0.39, 0.29) is 5.56 Å². The van der Waals surface area contributed by atoms with E-state index in [0.29, 0.717) is 11.3 Å². The van der Waals surface area contributed by atoms with E-state index in [1.807, 2.05) is 67.6 Å². The molecule has 0 saturated heterocycles. The van der Waals surface area contributed by atoms with Crippen LogP contribution in [0.3, 0.4) is 0 Å². The number of carbonyl (C=O) groups is 1. The lowest BCUT2D eigenvalue weighted by molar-refractivity contribution is 0.0696. The molecule has 0 unspecified atom stereocenters. The number of benzene rings is 3. The smallest absolute Gasteiger partial charge is 0.336 e. The summed E-state index contributed by atoms with van der Waals surface area (Å²) in [6.07, 6.45) is 0. The van der Waals surface area contributed by atoms with E-state index in [0.717, 1.165) is 16.8 Å². The fourth-order valence-electron chi connectivity index (χ4n) is 2.58. The number of aliphatic imine (C=N–C) groups is 1. The van der Waals surface area contributed by atoms with Crippen molar-refractivity contribution in [3.63, 3.8) is 0 Å². The zero-order valence-corrected chi connectivity index (χ0v) is 13.3. The molecule has 3 aromatic carbocycles. The van der Waals surface area contributed by atoms with Gasteiger partial charge in [0.1, 0.15) is 0 Å². The molecule has 24 heavy (non-hydrogen) atoms. The van der Waals surface area contributed by atoms with Crippen LogP contribution in [0.4, 0.5) is 5.69 Å². The first kappa shape index (κ1) is 15.7. The van der Waals surface area contributed by atoms with Gasteiger partial charge in [-0.15, -0.1) is 0 Å². The van der Waals surface area contributed by atoms with Gasteiger partial charge in [-0.3, -0.25) is 0 Å². The fraction of sp³-hybridized carbons (Fsp3) is 0.0476. The summed E-state index contributed by atoms with van der Waals surface area (Å²) in [5.41, 5.74) is 4.29. The Morgan fingerprint density at radius 2 is 1.50 bits per heavy atom. The maximum absolute atomic E-state index is 11.6. The largest absolute Gasteiger partial charge is 0.478 e. The molecular weight excluding hydrogens is 298 g/mol. The molecule has 3 aromatic rings. The average Bonchev–Trinajstić information content (AvgIpc) is 2.60. The molecule has 3 rings (SSSR count). The minimum atomic E-state index is -0.960. The molecule has 0 bridgehead atoms. The van der Waals surface area contributed by atoms with E-state index in [4.69, 9.17) is 4.99 Å². The molecule has 0 atom stereocenters. The molecule has 3 heteroatoms. The third kappa shape index (κ3) is 3.41. The summed E-state index contributed by atoms with van der Waals surface area (Å²) >= 11 is 0. The molecule has 0 aliphatic rings. The second-order valence-corrected chi connectivity index (χ2v) is 5.52. The Labute approximate surface area is 140 Å². The van der Waals surface area contributed by atoms with E-state index in [1.165, 1.54) is 0 Å². The van der Waals surface area contributed by atoms with E-state index < -0.39 is 5.97 Å². The van der Waals surface area contributed by atoms with Crippen molar-refractivity contribution in [1.82, 2.24) is 0 Å². The van der Waals surface area contributed by atoms with Gasteiger partial charge in [-0.05, 0) is 30.7 Å². The Kier molecular flexibility index (Phi) is 4.52. The van der Waals surface area contributed by atoms with Crippen LogP contribution in [0, 0.1) is 6.92 Å². The third-order valence-electron chi connectivity index (χ3n) is 3.70. The summed E-state index contributed by atoms with van der Waals surface area (Å²) in [5, 5.41) is 9.52. The predicted molar refractivity (Wildman–Crippen MR) is 96.3 cm³/mol. The molecule has 3 nitrogen and oxygen atoms in total. The highest BCUT2D eigenvalue weighted by Crippen LogP contribution is 2.21. The fourth-order valence-corrected chi connectivity index (χ4v) is 2.58. The molecule has 0 aliphatic carbocycles. The van der Waals surface area contributed by atoms with E-state index in [2.05, 4.69) is 0 Å². The number of carboxylic acid groups (broad SMARTS) is 1. The van der Waals surface area contributed by atoms with Crippen LogP contribution in [0.5, 0.6) is 0 Å². The van der Waals surface area contributed by atoms with Gasteiger partial charge in [0.05, 0.1) is 17.0 Å². The van der Waals surface area contributed by atoms with Gasteiger partial charge in [0.2, 0.25) is 0 Å². The first-order valence-corrected chi connectivity index (χ1v) is 7.68. The van der Waals surface area contributed by atoms with E-state index >= 15 is 0 Å². The van der Waals surface area contributed by atoms with Gasteiger partial charge < -0.3 is 5.11 Å². The van der Waals surface area contributed by atoms with Crippen LogP contribution in [0.15, 0.2) is 83.9 Å². The number of hydrogen-bond donors (Lipinski definition) is 1. The van der Waals surface area contributed by atoms with Crippen molar-refractivity contribution in [2.24, 2.45) is 4.99 Å². The number of rotatable bonds is 4. The van der Waals surface area contributed by atoms with Gasteiger partial charge in [0.15, 0.2) is 0 Å². The van der Waals surface area contributed by atoms with Crippen molar-refractivity contribution in [3.05, 3.63) is 101 Å². The van der Waals surface area contributed by atoms with Gasteiger partial charge in [-0.2, -0.15) is 0 Å². The number of hydrogen-bond acceptors (Lipinski definition) is 2. The number of nitrogens with zero attached hydrogens (tertiary/aromatic N) is 1. The standard InChI is InChI=1S/C21H17NO2/c1-15-8-7-11-17(14-15)22-20(16-9-3-2-4-10-16)18-12-5-6-13-19(18)21(23)24/h2-14H,1H3,(H,23,24). The normalized spacial score (nSPS) is 11.3. The molecule has 0 radical (unpaired) electrons. The number of aryl methyl sites for hydroxylation is 1. The van der Waals surface area contributed by atoms with Crippen molar-refractivity contribution >= 4 is 17.4 Å². The van der Waals surface area contributed by atoms with Crippen molar-refractivity contribution in [1.29, 1.82) is 0 Å². The molecule has 0 amide bonds. The van der Waals surface area contributed by atoms with Crippen LogP contribution in [0.2, 0.25) is 0 Å². The molecule has 1 N–H and O–H groups in total. The lowest BCUT2D eigenvalue weighted by Gasteiger charge is -2.11. The summed E-state index contributed by atoms with van der Waals surface area (Å²) in [5.74, 6) is -0.960. The quantitative estimate of drug-likeness (QED) is 0.699. The number of aromatic carboxylic acids is 1. The highest BCUT2D eigenvalue weighted by Gasteiger charge is 2.15. The lowest BCUT2D eigenvalue weighted by Crippen LogP contribution is -2.10. The highest BCUT2D eigenvalue weighted by molar-refractivity contribution is 6.18. The zero-order valence-electron chi connectivity index (χ0n) is 13.3. The predicted octanol–water partition coefficient (Wildman–Crippen LogP) is 4.86. The topological polar surface area (TPSA) is 49.7 Å². The van der Waals surface area contributed by atoms with Gasteiger partial charge in [0.25, 0.3) is 0 Å². The van der Waals surface area contributed by atoms with E-state index in [9.17, 15) is 9.90 Å². The van der Waals surface area contributed by atoms with Crippen molar-refractivity contribution < 1.29 is 9.90 Å². The zero-order chi connectivity index (χ0) is 16.9. The molecule has 0 saturated carbocycles. The summed E-state index contributed by atoms with van der Waals surface area (Å²) in [6, 6.07) is 24.4. The molecule has 0 aliphatic heterocycles. The van der Waals surface area contributed by atoms with Crippen LogP contribution in [-0.2, 0) is 0 Å². The first-order chi connectivity index (χ1) is 11.6. The van der Waals surface area contributed by atoms with E-state index in [1.54, 1.807) is 18.2 Å². The number of carboxylic acids is 1. The molecular formula is C21H17NO2. The lowest BCUT2D eigenvalue weighted by atomic mass is 9.97. The Morgan fingerprint density at radius 3 is 2.17 bits per heavy atom. The van der Waals surface area contributed by atoms with Crippen LogP contribution >= 0.6 is 0 Å². The van der Waals surface area contributed by atoms with Gasteiger partial charge in [-0.1, -0.05) is 60.7 Å². The van der Waals surface area contributed by atoms with Gasteiger partial charge >= 0.3 is 5.97 Å². The van der Waals surface area contributed by atoms with Crippen LogP contribution in [0.1, 0.15) is 27.0 Å². The maximum atomic E-state index is 11.6. The monoisotopic (exact) mass is 315 g/mol. The van der Waals surface area contributed by atoms with Crippen LogP contribution < -0.4 is 0 Å². The minimum absolute atomic E-state index is 0.243. The van der Waals surface area contributed by atoms with Gasteiger partial charge in [0, 0.05) is 11.1 Å². The molecule has 0 fully saturated rings. The first-order valence-electron chi connectivity index (χ1n) is 7.68. The molecule has 0 spiro atoms. The molecule has 0 heterocycles. The Balaban J connectivity index is 2.23. The summed E-state index contributed by atoms with van der Waals surface area (Å²) in [6.45, 7) is 2.01. The summed E-state index contributed by atoms with van der Waals surface area (Å²) < 4.78 is 0. The van der Waals surface area contributed by atoms with Crippen LogP contribution in [0.25, 0.3) is 0 Å². The second-order valence-electron chi connectivity index (χ2n) is 5.52. The van der Waals surface area contributed by atoms with Crippen molar-refractivity contribution in [3.8, 4) is 0 Å². The Bertz CT molecular complexity index is 898. The molecule has 0 aromatic heterocycles. The van der Waals surface area contributed by atoms with Crippen molar-refractivity contribution in [2.45, 2.75) is 6.92 Å². The Hall–Kier alpha value is -3.20. The average molecular weight is 315 g/mol. The Morgan fingerprint density at radius 1 is 0.833 bits per heavy atom. The van der Waals surface area contributed by atoms with Crippen molar-refractivity contribution in [2.75, 3.05) is 0 Å².